The minimum absolute atomic E-state index is 0.0638. The number of furan rings is 1. The van der Waals surface area contributed by atoms with E-state index < -0.39 is 5.97 Å². The third kappa shape index (κ3) is 3.52. The maximum atomic E-state index is 11.4. The second kappa shape index (κ2) is 7.58. The number of carboxylic acid groups (broad SMARTS) is 1. The molecule has 0 fully saturated rings. The van der Waals surface area contributed by atoms with Crippen molar-refractivity contribution in [2.24, 2.45) is 5.10 Å². The zero-order valence-corrected chi connectivity index (χ0v) is 17.5. The molecule has 29 heavy (non-hydrogen) atoms. The lowest BCUT2D eigenvalue weighted by Crippen LogP contribution is -2.17. The first-order valence-corrected chi connectivity index (χ1v) is 11.5. The van der Waals surface area contributed by atoms with Gasteiger partial charge in [0.1, 0.15) is 11.8 Å². The van der Waals surface area contributed by atoms with E-state index in [1.807, 2.05) is 46.1 Å². The number of thiazole rings is 1. The number of hydrogen-bond acceptors (Lipinski definition) is 8. The second-order valence-electron chi connectivity index (χ2n) is 6.42. The van der Waals surface area contributed by atoms with E-state index >= 15 is 0 Å². The number of thiophene rings is 2. The molecule has 1 aliphatic rings. The molecular weight excluding hydrogens is 426 g/mol. The highest BCUT2D eigenvalue weighted by Crippen LogP contribution is 2.42. The van der Waals surface area contributed by atoms with Gasteiger partial charge in [0.2, 0.25) is 5.13 Å². The van der Waals surface area contributed by atoms with Crippen molar-refractivity contribution in [3.63, 3.8) is 0 Å². The van der Waals surface area contributed by atoms with Gasteiger partial charge in [-0.1, -0.05) is 23.5 Å². The van der Waals surface area contributed by atoms with Crippen LogP contribution in [-0.2, 0) is 11.2 Å². The molecular formula is C20H15N3O3S3. The summed E-state index contributed by atoms with van der Waals surface area (Å²) < 4.78 is 5.68. The standard InChI is InChI=1S/C20H15N3O3S3/c24-18(25)11-17-19(16-6-3-9-28-16)21-20(29-17)23-13(14-4-1-7-26-14)10-12(22-23)15-5-2-8-27-15/h1-9,13H,10-11H2,(H,24,25). The van der Waals surface area contributed by atoms with Crippen molar-refractivity contribution >= 4 is 50.8 Å². The Hall–Kier alpha value is -2.75. The number of nitrogens with zero attached hydrogens (tertiary/aromatic N) is 3. The van der Waals surface area contributed by atoms with E-state index in [1.165, 1.54) is 11.3 Å². The van der Waals surface area contributed by atoms with Crippen LogP contribution in [0.15, 0.2) is 62.9 Å². The van der Waals surface area contributed by atoms with Gasteiger partial charge < -0.3 is 9.52 Å². The number of hydrogen-bond donors (Lipinski definition) is 1. The van der Waals surface area contributed by atoms with Crippen LogP contribution in [0.5, 0.6) is 0 Å². The first kappa shape index (κ1) is 18.3. The van der Waals surface area contributed by atoms with Crippen molar-refractivity contribution in [2.75, 3.05) is 5.01 Å². The quantitative estimate of drug-likeness (QED) is 0.427. The van der Waals surface area contributed by atoms with Gasteiger partial charge in [-0.25, -0.2) is 9.99 Å². The van der Waals surface area contributed by atoms with E-state index in [9.17, 15) is 9.90 Å². The van der Waals surface area contributed by atoms with Gasteiger partial charge >= 0.3 is 5.97 Å². The molecule has 1 N–H and O–H groups in total. The average Bonchev–Trinajstić information content (AvgIpc) is 3.52. The third-order valence-corrected chi connectivity index (χ3v) is 7.38. The van der Waals surface area contributed by atoms with Gasteiger partial charge in [-0.2, -0.15) is 5.10 Å². The van der Waals surface area contributed by atoms with Crippen LogP contribution in [0.25, 0.3) is 10.6 Å². The van der Waals surface area contributed by atoms with E-state index in [0.29, 0.717) is 11.6 Å². The van der Waals surface area contributed by atoms with Crippen LogP contribution in [0.1, 0.15) is 28.0 Å². The molecule has 9 heteroatoms. The fourth-order valence-electron chi connectivity index (χ4n) is 3.28. The Balaban J connectivity index is 1.59. The molecule has 0 aliphatic carbocycles. The maximum absolute atomic E-state index is 11.4. The Morgan fingerprint density at radius 1 is 1.17 bits per heavy atom. The number of anilines is 1. The summed E-state index contributed by atoms with van der Waals surface area (Å²) in [5.74, 6) is -0.0576. The Labute approximate surface area is 178 Å². The third-order valence-electron chi connectivity index (χ3n) is 4.54. The predicted molar refractivity (Wildman–Crippen MR) is 116 cm³/mol. The lowest BCUT2D eigenvalue weighted by atomic mass is 10.1. The second-order valence-corrected chi connectivity index (χ2v) is 9.38. The minimum Gasteiger partial charge on any atom is -0.481 e. The van der Waals surface area contributed by atoms with Gasteiger partial charge in [0.25, 0.3) is 0 Å². The summed E-state index contributed by atoms with van der Waals surface area (Å²) in [7, 11) is 0. The fourth-order valence-corrected chi connectivity index (χ4v) is 5.88. The molecule has 0 bridgehead atoms. The van der Waals surface area contributed by atoms with Crippen molar-refractivity contribution in [2.45, 2.75) is 18.9 Å². The molecule has 146 valence electrons. The zero-order chi connectivity index (χ0) is 19.8. The monoisotopic (exact) mass is 441 g/mol. The van der Waals surface area contributed by atoms with E-state index in [0.717, 1.165) is 31.8 Å². The van der Waals surface area contributed by atoms with Crippen LogP contribution in [0.4, 0.5) is 5.13 Å². The Morgan fingerprint density at radius 2 is 1.97 bits per heavy atom. The molecule has 0 amide bonds. The van der Waals surface area contributed by atoms with Crippen molar-refractivity contribution in [3.8, 4) is 10.6 Å². The predicted octanol–water partition coefficient (Wildman–Crippen LogP) is 5.51. The number of rotatable bonds is 6. The van der Waals surface area contributed by atoms with Crippen LogP contribution in [-0.4, -0.2) is 21.8 Å². The summed E-state index contributed by atoms with van der Waals surface area (Å²) in [6, 6.07) is 11.7. The van der Waals surface area contributed by atoms with Crippen molar-refractivity contribution in [1.29, 1.82) is 0 Å². The van der Waals surface area contributed by atoms with E-state index in [2.05, 4.69) is 6.07 Å². The smallest absolute Gasteiger partial charge is 0.308 e. The molecule has 0 radical (unpaired) electrons. The highest BCUT2D eigenvalue weighted by atomic mass is 32.1. The van der Waals surface area contributed by atoms with Gasteiger partial charge in [-0.05, 0) is 35.0 Å². The molecule has 6 nitrogen and oxygen atoms in total. The molecule has 4 aromatic rings. The molecule has 5 rings (SSSR count). The van der Waals surface area contributed by atoms with Crippen LogP contribution in [0.3, 0.4) is 0 Å². The number of aromatic nitrogens is 1. The van der Waals surface area contributed by atoms with Gasteiger partial charge in [-0.3, -0.25) is 4.79 Å². The lowest BCUT2D eigenvalue weighted by molar-refractivity contribution is -0.136. The first-order chi connectivity index (χ1) is 14.2. The fraction of sp³-hybridized carbons (Fsp3) is 0.150. The zero-order valence-electron chi connectivity index (χ0n) is 15.0. The summed E-state index contributed by atoms with van der Waals surface area (Å²) in [6.07, 6.45) is 2.30. The first-order valence-electron chi connectivity index (χ1n) is 8.88. The molecule has 5 heterocycles. The van der Waals surface area contributed by atoms with Gasteiger partial charge in [-0.15, -0.1) is 22.7 Å². The van der Waals surface area contributed by atoms with Crippen LogP contribution in [0, 0.1) is 0 Å². The highest BCUT2D eigenvalue weighted by molar-refractivity contribution is 7.17. The highest BCUT2D eigenvalue weighted by Gasteiger charge is 2.34. The van der Waals surface area contributed by atoms with Gasteiger partial charge in [0.05, 0.1) is 33.8 Å². The van der Waals surface area contributed by atoms with Crippen molar-refractivity contribution in [1.82, 2.24) is 4.98 Å². The molecule has 0 spiro atoms. The number of carbonyl (C=O) groups is 1. The van der Waals surface area contributed by atoms with Gasteiger partial charge in [0.15, 0.2) is 0 Å². The SMILES string of the molecule is O=C(O)Cc1sc(N2N=C(c3cccs3)CC2c2ccco2)nc1-c1cccs1. The van der Waals surface area contributed by atoms with E-state index in [4.69, 9.17) is 14.5 Å². The Morgan fingerprint density at radius 3 is 2.62 bits per heavy atom. The van der Waals surface area contributed by atoms with Crippen LogP contribution < -0.4 is 5.01 Å². The molecule has 0 saturated heterocycles. The van der Waals surface area contributed by atoms with Crippen LogP contribution in [0.2, 0.25) is 0 Å². The molecule has 0 aromatic carbocycles. The maximum Gasteiger partial charge on any atom is 0.308 e. The minimum atomic E-state index is -0.871. The molecule has 1 atom stereocenters. The molecule has 1 aliphatic heterocycles. The van der Waals surface area contributed by atoms with Crippen LogP contribution >= 0.6 is 34.0 Å². The average molecular weight is 442 g/mol. The molecule has 1 unspecified atom stereocenters. The normalized spacial score (nSPS) is 16.3. The van der Waals surface area contributed by atoms with Gasteiger partial charge in [0, 0.05) is 11.3 Å². The summed E-state index contributed by atoms with van der Waals surface area (Å²) in [5.41, 5.74) is 1.70. The van der Waals surface area contributed by atoms with Crippen molar-refractivity contribution in [3.05, 3.63) is 68.9 Å². The summed E-state index contributed by atoms with van der Waals surface area (Å²) >= 11 is 4.58. The molecule has 0 saturated carbocycles. The van der Waals surface area contributed by atoms with E-state index in [1.54, 1.807) is 28.9 Å². The lowest BCUT2D eigenvalue weighted by Gasteiger charge is -2.18. The molecule has 4 aromatic heterocycles. The summed E-state index contributed by atoms with van der Waals surface area (Å²) in [5, 5.41) is 20.8. The Kier molecular flexibility index (Phi) is 4.78. The Bertz CT molecular complexity index is 1150. The summed E-state index contributed by atoms with van der Waals surface area (Å²) in [6.45, 7) is 0. The van der Waals surface area contributed by atoms with Crippen molar-refractivity contribution < 1.29 is 14.3 Å². The number of hydrazone groups is 1. The topological polar surface area (TPSA) is 78.9 Å². The summed E-state index contributed by atoms with van der Waals surface area (Å²) in [4.78, 5) is 19.0. The largest absolute Gasteiger partial charge is 0.481 e. The number of aliphatic carboxylic acids is 1. The number of carboxylic acids is 1. The van der Waals surface area contributed by atoms with E-state index in [-0.39, 0.29) is 12.5 Å².